The predicted octanol–water partition coefficient (Wildman–Crippen LogP) is -0.868. The Kier molecular flexibility index (Phi) is 5.94. The highest BCUT2D eigenvalue weighted by Crippen LogP contribution is 2.07. The number of hydrogen-bond donors (Lipinski definition) is 2. The van der Waals surface area contributed by atoms with Gasteiger partial charge in [-0.15, -0.1) is 0 Å². The summed E-state index contributed by atoms with van der Waals surface area (Å²) in [5.41, 5.74) is 0. The van der Waals surface area contributed by atoms with Crippen molar-refractivity contribution in [3.05, 3.63) is 0 Å². The van der Waals surface area contributed by atoms with Gasteiger partial charge in [0, 0.05) is 33.1 Å². The van der Waals surface area contributed by atoms with E-state index in [2.05, 4.69) is 0 Å². The van der Waals surface area contributed by atoms with Crippen molar-refractivity contribution >= 4 is 23.9 Å². The van der Waals surface area contributed by atoms with Crippen LogP contribution in [0.25, 0.3) is 0 Å². The summed E-state index contributed by atoms with van der Waals surface area (Å²) in [4.78, 5) is 48.7. The van der Waals surface area contributed by atoms with Crippen LogP contribution in [-0.2, 0) is 14.4 Å². The summed E-state index contributed by atoms with van der Waals surface area (Å²) in [7, 11) is 0. The molecule has 3 amide bonds. The lowest BCUT2D eigenvalue weighted by molar-refractivity contribution is -0.140. The number of nitrogens with zero attached hydrogens (tertiary/aromatic N) is 3. The smallest absolute Gasteiger partial charge is 0.323 e. The van der Waals surface area contributed by atoms with Crippen molar-refractivity contribution in [3.63, 3.8) is 0 Å². The number of rotatable bonds is 4. The average Bonchev–Trinajstić information content (AvgIpc) is 2.61. The molecule has 1 aliphatic heterocycles. The third-order valence-corrected chi connectivity index (χ3v) is 3.13. The van der Waals surface area contributed by atoms with Gasteiger partial charge >= 0.3 is 18.0 Å². The second kappa shape index (κ2) is 7.46. The van der Waals surface area contributed by atoms with Gasteiger partial charge < -0.3 is 24.9 Å². The first-order valence-corrected chi connectivity index (χ1v) is 6.54. The Labute approximate surface area is 121 Å². The molecule has 1 saturated heterocycles. The minimum atomic E-state index is -1.27. The van der Waals surface area contributed by atoms with Crippen LogP contribution in [-0.4, -0.2) is 88.1 Å². The fourth-order valence-electron chi connectivity index (χ4n) is 2.14. The summed E-state index contributed by atoms with van der Waals surface area (Å²) in [6.07, 6.45) is 0.569. The van der Waals surface area contributed by atoms with Gasteiger partial charge in [-0.3, -0.25) is 14.4 Å². The van der Waals surface area contributed by atoms with Crippen molar-refractivity contribution < 1.29 is 29.4 Å². The molecule has 0 saturated carbocycles. The van der Waals surface area contributed by atoms with Crippen molar-refractivity contribution in [1.82, 2.24) is 14.7 Å². The van der Waals surface area contributed by atoms with Gasteiger partial charge in [0.05, 0.1) is 0 Å². The zero-order chi connectivity index (χ0) is 16.0. The van der Waals surface area contributed by atoms with Crippen LogP contribution in [0.15, 0.2) is 0 Å². The van der Waals surface area contributed by atoms with Gasteiger partial charge in [-0.2, -0.15) is 0 Å². The molecule has 9 nitrogen and oxygen atoms in total. The molecule has 2 N–H and O–H groups in total. The number of hydrogen-bond acceptors (Lipinski definition) is 4. The van der Waals surface area contributed by atoms with Crippen LogP contribution in [0.1, 0.15) is 13.3 Å². The summed E-state index contributed by atoms with van der Waals surface area (Å²) < 4.78 is 0. The van der Waals surface area contributed by atoms with Crippen LogP contribution >= 0.6 is 0 Å². The van der Waals surface area contributed by atoms with Crippen LogP contribution < -0.4 is 0 Å². The van der Waals surface area contributed by atoms with Gasteiger partial charge in [0.2, 0.25) is 5.91 Å². The zero-order valence-corrected chi connectivity index (χ0v) is 11.8. The highest BCUT2D eigenvalue weighted by molar-refractivity contribution is 5.84. The van der Waals surface area contributed by atoms with Gasteiger partial charge in [-0.05, 0) is 6.42 Å². The van der Waals surface area contributed by atoms with E-state index in [4.69, 9.17) is 10.2 Å². The summed E-state index contributed by atoms with van der Waals surface area (Å²) in [6, 6.07) is -0.634. The maximum absolute atomic E-state index is 12.2. The van der Waals surface area contributed by atoms with Gasteiger partial charge in [0.15, 0.2) is 0 Å². The van der Waals surface area contributed by atoms with Crippen LogP contribution in [0.2, 0.25) is 0 Å². The molecular formula is C12H19N3O6. The van der Waals surface area contributed by atoms with Gasteiger partial charge in [-0.25, -0.2) is 4.79 Å². The third-order valence-electron chi connectivity index (χ3n) is 3.13. The first kappa shape index (κ1) is 16.7. The van der Waals surface area contributed by atoms with Crippen molar-refractivity contribution in [2.45, 2.75) is 13.3 Å². The standard InChI is InChI=1S/C12H19N3O6/c1-9(16)13-3-2-4-14(6-5-13)12(21)15(7-10(17)18)8-11(19)20/h2-8H2,1H3,(H,17,18)(H,19,20). The quantitative estimate of drug-likeness (QED) is 0.697. The van der Waals surface area contributed by atoms with E-state index >= 15 is 0 Å². The molecule has 0 radical (unpaired) electrons. The summed E-state index contributed by atoms with van der Waals surface area (Å²) in [5.74, 6) is -2.63. The fourth-order valence-corrected chi connectivity index (χ4v) is 2.14. The molecule has 1 rings (SSSR count). The van der Waals surface area contributed by atoms with Gasteiger partial charge in [0.25, 0.3) is 0 Å². The maximum Gasteiger partial charge on any atom is 0.323 e. The minimum Gasteiger partial charge on any atom is -0.480 e. The predicted molar refractivity (Wildman–Crippen MR) is 70.7 cm³/mol. The number of carbonyl (C=O) groups excluding carboxylic acids is 2. The van der Waals surface area contributed by atoms with E-state index in [0.717, 1.165) is 4.90 Å². The molecule has 0 spiro atoms. The zero-order valence-electron chi connectivity index (χ0n) is 11.8. The number of carboxylic acids is 2. The lowest BCUT2D eigenvalue weighted by Crippen LogP contribution is -2.48. The molecule has 1 fully saturated rings. The van der Waals surface area contributed by atoms with Crippen LogP contribution in [0, 0.1) is 0 Å². The minimum absolute atomic E-state index is 0.0859. The van der Waals surface area contributed by atoms with E-state index in [9.17, 15) is 19.2 Å². The molecule has 0 aromatic heterocycles. The Balaban J connectivity index is 2.71. The Morgan fingerprint density at radius 3 is 1.86 bits per heavy atom. The first-order chi connectivity index (χ1) is 9.81. The topological polar surface area (TPSA) is 118 Å². The Hall–Kier alpha value is -2.32. The van der Waals surface area contributed by atoms with E-state index in [1.807, 2.05) is 0 Å². The van der Waals surface area contributed by atoms with E-state index < -0.39 is 31.1 Å². The molecule has 0 aliphatic carbocycles. The Morgan fingerprint density at radius 1 is 0.905 bits per heavy atom. The number of carboxylic acid groups (broad SMARTS) is 2. The monoisotopic (exact) mass is 301 g/mol. The molecule has 21 heavy (non-hydrogen) atoms. The van der Waals surface area contributed by atoms with Crippen molar-refractivity contribution in [1.29, 1.82) is 0 Å². The normalized spacial score (nSPS) is 15.3. The molecule has 0 aromatic rings. The number of amides is 3. The lowest BCUT2D eigenvalue weighted by atomic mass is 10.4. The molecule has 0 aromatic carbocycles. The molecular weight excluding hydrogens is 282 g/mol. The van der Waals surface area contributed by atoms with Crippen LogP contribution in [0.4, 0.5) is 4.79 Å². The number of carbonyl (C=O) groups is 4. The molecule has 9 heteroatoms. The molecule has 0 atom stereocenters. The lowest BCUT2D eigenvalue weighted by Gasteiger charge is -2.27. The van der Waals surface area contributed by atoms with Crippen molar-refractivity contribution in [2.75, 3.05) is 39.3 Å². The Morgan fingerprint density at radius 2 is 1.38 bits per heavy atom. The van der Waals surface area contributed by atoms with E-state index in [-0.39, 0.29) is 12.5 Å². The number of urea groups is 1. The molecule has 0 unspecified atom stereocenters. The van der Waals surface area contributed by atoms with Crippen LogP contribution in [0.3, 0.4) is 0 Å². The maximum atomic E-state index is 12.2. The van der Waals surface area contributed by atoms with E-state index in [1.165, 1.54) is 11.8 Å². The summed E-state index contributed by atoms with van der Waals surface area (Å²) in [5, 5.41) is 17.5. The van der Waals surface area contributed by atoms with Crippen molar-refractivity contribution in [3.8, 4) is 0 Å². The average molecular weight is 301 g/mol. The van der Waals surface area contributed by atoms with E-state index in [0.29, 0.717) is 26.1 Å². The second-order valence-corrected chi connectivity index (χ2v) is 4.77. The van der Waals surface area contributed by atoms with Gasteiger partial charge in [0.1, 0.15) is 13.1 Å². The summed E-state index contributed by atoms with van der Waals surface area (Å²) in [6.45, 7) is 1.60. The molecule has 0 bridgehead atoms. The van der Waals surface area contributed by atoms with Gasteiger partial charge in [-0.1, -0.05) is 0 Å². The van der Waals surface area contributed by atoms with Crippen molar-refractivity contribution in [2.24, 2.45) is 0 Å². The highest BCUT2D eigenvalue weighted by atomic mass is 16.4. The number of aliphatic carboxylic acids is 2. The molecule has 1 heterocycles. The summed E-state index contributed by atoms with van der Waals surface area (Å²) >= 11 is 0. The van der Waals surface area contributed by atoms with Crippen LogP contribution in [0.5, 0.6) is 0 Å². The second-order valence-electron chi connectivity index (χ2n) is 4.77. The first-order valence-electron chi connectivity index (χ1n) is 6.54. The van der Waals surface area contributed by atoms with E-state index in [1.54, 1.807) is 4.90 Å². The largest absolute Gasteiger partial charge is 0.480 e. The highest BCUT2D eigenvalue weighted by Gasteiger charge is 2.27. The molecule has 1 aliphatic rings. The SMILES string of the molecule is CC(=O)N1CCCN(C(=O)N(CC(=O)O)CC(=O)O)CC1. The third kappa shape index (κ3) is 5.28. The Bertz CT molecular complexity index is 423. The molecule has 118 valence electrons. The fraction of sp³-hybridized carbons (Fsp3) is 0.667.